The Kier molecular flexibility index (Phi) is 5.84. The van der Waals surface area contributed by atoms with Crippen LogP contribution in [0.3, 0.4) is 0 Å². The molecule has 0 saturated heterocycles. The molecule has 0 aromatic heterocycles. The van der Waals surface area contributed by atoms with Crippen LogP contribution in [-0.2, 0) is 11.0 Å². The second-order valence-corrected chi connectivity index (χ2v) is 7.77. The van der Waals surface area contributed by atoms with Gasteiger partial charge in [0.15, 0.2) is 0 Å². The fraction of sp³-hybridized carbons (Fsp3) is 0.200. The van der Waals surface area contributed by atoms with Crippen molar-refractivity contribution in [3.63, 3.8) is 0 Å². The van der Waals surface area contributed by atoms with Gasteiger partial charge in [-0.05, 0) is 47.5 Å². The van der Waals surface area contributed by atoms with Crippen LogP contribution in [0.5, 0.6) is 5.75 Å². The maximum atomic E-state index is 13.5. The molecule has 1 N–H and O–H groups in total. The monoisotopic (exact) mass is 454 g/mol. The van der Waals surface area contributed by atoms with E-state index in [1.165, 1.54) is 24.1 Å². The van der Waals surface area contributed by atoms with E-state index in [1.54, 1.807) is 55.6 Å². The quantitative estimate of drug-likeness (QED) is 0.585. The lowest BCUT2D eigenvalue weighted by Gasteiger charge is -2.39. The summed E-state index contributed by atoms with van der Waals surface area (Å²) in [5, 5.41) is 2.62. The first kappa shape index (κ1) is 22.4. The molecule has 0 spiro atoms. The number of fused-ring (bicyclic) bond motifs is 1. The zero-order valence-electron chi connectivity index (χ0n) is 17.9. The largest absolute Gasteiger partial charge is 0.497 e. The Morgan fingerprint density at radius 3 is 2.36 bits per heavy atom. The summed E-state index contributed by atoms with van der Waals surface area (Å²) in [6.45, 7) is 0. The number of nitrogens with one attached hydrogen (secondary N) is 1. The molecule has 2 amide bonds. The Bertz CT molecular complexity index is 1190. The van der Waals surface area contributed by atoms with Crippen LogP contribution >= 0.6 is 0 Å². The van der Waals surface area contributed by atoms with Gasteiger partial charge in [0.1, 0.15) is 5.75 Å². The average molecular weight is 454 g/mol. The number of alkyl halides is 3. The van der Waals surface area contributed by atoms with Crippen LogP contribution in [-0.4, -0.2) is 30.9 Å². The summed E-state index contributed by atoms with van der Waals surface area (Å²) in [4.78, 5) is 28.0. The van der Waals surface area contributed by atoms with Crippen LogP contribution in [0.25, 0.3) is 0 Å². The number of carbonyl (C=O) groups is 2. The molecular formula is C25H21F3N2O3. The molecule has 5 nitrogen and oxygen atoms in total. The van der Waals surface area contributed by atoms with Crippen molar-refractivity contribution in [1.82, 2.24) is 4.90 Å². The third kappa shape index (κ3) is 4.28. The number of hydrogen-bond acceptors (Lipinski definition) is 3. The lowest BCUT2D eigenvalue weighted by molar-refractivity contribution is -0.137. The fourth-order valence-corrected chi connectivity index (χ4v) is 4.17. The molecule has 2 atom stereocenters. The molecule has 1 aliphatic rings. The summed E-state index contributed by atoms with van der Waals surface area (Å²) in [7, 11) is 3.14. The molecule has 0 saturated carbocycles. The number of likely N-dealkylation sites (N-methyl/N-ethyl adjacent to an activating group) is 1. The number of methoxy groups -OCH3 is 1. The summed E-state index contributed by atoms with van der Waals surface area (Å²) >= 11 is 0. The van der Waals surface area contributed by atoms with Gasteiger partial charge < -0.3 is 15.0 Å². The van der Waals surface area contributed by atoms with E-state index in [0.29, 0.717) is 22.4 Å². The van der Waals surface area contributed by atoms with Gasteiger partial charge in [-0.1, -0.05) is 36.4 Å². The van der Waals surface area contributed by atoms with Crippen molar-refractivity contribution in [1.29, 1.82) is 0 Å². The second-order valence-electron chi connectivity index (χ2n) is 7.77. The highest BCUT2D eigenvalue weighted by molar-refractivity contribution is 6.04. The van der Waals surface area contributed by atoms with Crippen molar-refractivity contribution in [2.75, 3.05) is 19.5 Å². The zero-order valence-corrected chi connectivity index (χ0v) is 17.9. The van der Waals surface area contributed by atoms with Crippen molar-refractivity contribution in [2.24, 2.45) is 0 Å². The summed E-state index contributed by atoms with van der Waals surface area (Å²) in [5.41, 5.74) is 0.772. The van der Waals surface area contributed by atoms with Crippen LogP contribution in [0.2, 0.25) is 0 Å². The van der Waals surface area contributed by atoms with Crippen LogP contribution < -0.4 is 10.1 Å². The van der Waals surface area contributed by atoms with Crippen molar-refractivity contribution >= 4 is 17.5 Å². The Labute approximate surface area is 188 Å². The Morgan fingerprint density at radius 2 is 1.70 bits per heavy atom. The number of anilines is 1. The minimum absolute atomic E-state index is 0.0281. The lowest BCUT2D eigenvalue weighted by Crippen LogP contribution is -2.44. The van der Waals surface area contributed by atoms with Crippen LogP contribution in [0.15, 0.2) is 72.8 Å². The van der Waals surface area contributed by atoms with E-state index in [-0.39, 0.29) is 11.6 Å². The van der Waals surface area contributed by atoms with Gasteiger partial charge in [-0.2, -0.15) is 13.2 Å². The number of hydrogen-bond donors (Lipinski definition) is 1. The predicted molar refractivity (Wildman–Crippen MR) is 117 cm³/mol. The number of rotatable bonds is 4. The molecule has 0 radical (unpaired) electrons. The maximum Gasteiger partial charge on any atom is 0.416 e. The van der Waals surface area contributed by atoms with Crippen LogP contribution in [0, 0.1) is 0 Å². The summed E-state index contributed by atoms with van der Waals surface area (Å²) in [5.74, 6) is -0.975. The first-order chi connectivity index (χ1) is 15.7. The summed E-state index contributed by atoms with van der Waals surface area (Å²) < 4.78 is 44.6. The second kappa shape index (κ2) is 8.61. The van der Waals surface area contributed by atoms with Crippen molar-refractivity contribution in [3.05, 3.63) is 95.1 Å². The Hall–Kier alpha value is -3.81. The minimum atomic E-state index is -4.53. The van der Waals surface area contributed by atoms with Gasteiger partial charge >= 0.3 is 6.18 Å². The van der Waals surface area contributed by atoms with Crippen molar-refractivity contribution in [2.45, 2.75) is 18.1 Å². The van der Waals surface area contributed by atoms with Crippen molar-refractivity contribution < 1.29 is 27.5 Å². The Morgan fingerprint density at radius 1 is 1.00 bits per heavy atom. The average Bonchev–Trinajstić information content (AvgIpc) is 2.81. The highest BCUT2D eigenvalue weighted by atomic mass is 19.4. The molecule has 4 rings (SSSR count). The van der Waals surface area contributed by atoms with E-state index in [0.717, 1.165) is 12.1 Å². The predicted octanol–water partition coefficient (Wildman–Crippen LogP) is 5.26. The SMILES string of the molecule is COc1ccc([C@H]2[C@@H](C(=O)Nc3cccc(C(F)(F)F)c3)c3ccccc3C(=O)N2C)cc1. The number of nitrogens with zero attached hydrogens (tertiary/aromatic N) is 1. The van der Waals surface area contributed by atoms with E-state index in [1.807, 2.05) is 0 Å². The molecule has 1 heterocycles. The standard InChI is InChI=1S/C25H21F3N2O3/c1-30-22(15-10-12-18(33-2)13-11-15)21(19-8-3-4-9-20(19)24(30)32)23(31)29-17-7-5-6-16(14-17)25(26,27)28/h3-14,21-22H,1-2H3,(H,29,31)/t21-,22-/m0/s1. The fourth-order valence-electron chi connectivity index (χ4n) is 4.17. The molecule has 3 aromatic carbocycles. The van der Waals surface area contributed by atoms with Gasteiger partial charge in [-0.25, -0.2) is 0 Å². The van der Waals surface area contributed by atoms with E-state index in [2.05, 4.69) is 5.32 Å². The van der Waals surface area contributed by atoms with Gasteiger partial charge in [0.2, 0.25) is 5.91 Å². The maximum absolute atomic E-state index is 13.5. The molecule has 0 unspecified atom stereocenters. The third-order valence-electron chi connectivity index (χ3n) is 5.78. The highest BCUT2D eigenvalue weighted by Crippen LogP contribution is 2.43. The molecule has 170 valence electrons. The van der Waals surface area contributed by atoms with Gasteiger partial charge in [0.25, 0.3) is 5.91 Å². The molecule has 0 aliphatic carbocycles. The van der Waals surface area contributed by atoms with Gasteiger partial charge in [-0.15, -0.1) is 0 Å². The van der Waals surface area contributed by atoms with E-state index in [4.69, 9.17) is 4.74 Å². The van der Waals surface area contributed by atoms with Gasteiger partial charge in [-0.3, -0.25) is 9.59 Å². The van der Waals surface area contributed by atoms with E-state index < -0.39 is 29.6 Å². The Balaban J connectivity index is 1.77. The minimum Gasteiger partial charge on any atom is -0.497 e. The molecule has 33 heavy (non-hydrogen) atoms. The van der Waals surface area contributed by atoms with Crippen LogP contribution in [0.1, 0.15) is 39.0 Å². The number of ether oxygens (including phenoxy) is 1. The summed E-state index contributed by atoms with van der Waals surface area (Å²) in [6.07, 6.45) is -4.53. The zero-order chi connectivity index (χ0) is 23.8. The first-order valence-corrected chi connectivity index (χ1v) is 10.2. The summed E-state index contributed by atoms with van der Waals surface area (Å²) in [6, 6.07) is 17.6. The topological polar surface area (TPSA) is 58.6 Å². The third-order valence-corrected chi connectivity index (χ3v) is 5.78. The van der Waals surface area contributed by atoms with E-state index >= 15 is 0 Å². The molecule has 8 heteroatoms. The lowest BCUT2D eigenvalue weighted by atomic mass is 9.79. The van der Waals surface area contributed by atoms with E-state index in [9.17, 15) is 22.8 Å². The smallest absolute Gasteiger partial charge is 0.416 e. The highest BCUT2D eigenvalue weighted by Gasteiger charge is 2.42. The molecule has 3 aromatic rings. The van der Waals surface area contributed by atoms with Gasteiger partial charge in [0.05, 0.1) is 24.6 Å². The number of amides is 2. The molecular weight excluding hydrogens is 433 g/mol. The van der Waals surface area contributed by atoms with Gasteiger partial charge in [0, 0.05) is 18.3 Å². The normalized spacial score (nSPS) is 18.0. The number of carbonyl (C=O) groups excluding carboxylic acids is 2. The molecule has 0 bridgehead atoms. The first-order valence-electron chi connectivity index (χ1n) is 10.2. The molecule has 1 aliphatic heterocycles. The van der Waals surface area contributed by atoms with Crippen LogP contribution in [0.4, 0.5) is 18.9 Å². The number of halogens is 3. The number of benzene rings is 3. The molecule has 0 fully saturated rings. The van der Waals surface area contributed by atoms with Crippen molar-refractivity contribution in [3.8, 4) is 5.75 Å².